The van der Waals surface area contributed by atoms with Gasteiger partial charge in [0.25, 0.3) is 0 Å². The number of hydrogen-bond donors (Lipinski definition) is 1. The Morgan fingerprint density at radius 3 is 3.06 bits per heavy atom. The van der Waals surface area contributed by atoms with Crippen molar-refractivity contribution in [3.05, 3.63) is 11.9 Å². The maximum Gasteiger partial charge on any atom is 0.201 e. The first-order valence-electron chi connectivity index (χ1n) is 6.05. The lowest BCUT2D eigenvalue weighted by atomic mass is 10.1. The lowest BCUT2D eigenvalue weighted by Crippen LogP contribution is -2.32. The zero-order valence-corrected chi connectivity index (χ0v) is 10.6. The highest BCUT2D eigenvalue weighted by Gasteiger charge is 2.16. The van der Waals surface area contributed by atoms with Crippen LogP contribution in [-0.2, 0) is 0 Å². The largest absolute Gasteiger partial charge is 0.309 e. The minimum Gasteiger partial charge on any atom is -0.309 e. The first-order chi connectivity index (χ1) is 8.25. The Kier molecular flexibility index (Phi) is 4.22. The molecule has 6 heteroatoms. The molecule has 2 rings (SSSR count). The van der Waals surface area contributed by atoms with Crippen molar-refractivity contribution in [3.8, 4) is 0 Å². The summed E-state index contributed by atoms with van der Waals surface area (Å²) in [6.45, 7) is 4.34. The van der Waals surface area contributed by atoms with Crippen LogP contribution in [0.1, 0.15) is 18.7 Å². The average Bonchev–Trinajstić information content (AvgIpc) is 2.82. The van der Waals surface area contributed by atoms with Crippen LogP contribution in [0, 0.1) is 0 Å². The standard InChI is InChI=1S/C11H20N6/c1-16(2)6-4-8-17-7-3-5-10(9-17)11-12-14-15-13-11/h5H,3-4,6-9H2,1-2H3,(H,12,13,14,15). The van der Waals surface area contributed by atoms with Crippen LogP contribution in [0.4, 0.5) is 0 Å². The fourth-order valence-electron chi connectivity index (χ4n) is 2.07. The van der Waals surface area contributed by atoms with E-state index in [1.807, 2.05) is 0 Å². The second-order valence-electron chi connectivity index (χ2n) is 4.69. The average molecular weight is 236 g/mol. The van der Waals surface area contributed by atoms with Crippen LogP contribution in [0.15, 0.2) is 6.08 Å². The Labute approximate surface area is 102 Å². The van der Waals surface area contributed by atoms with Crippen molar-refractivity contribution in [2.75, 3.05) is 40.3 Å². The summed E-state index contributed by atoms with van der Waals surface area (Å²) in [6.07, 6.45) is 4.49. The van der Waals surface area contributed by atoms with E-state index in [1.54, 1.807) is 0 Å². The van der Waals surface area contributed by atoms with Gasteiger partial charge in [-0.25, -0.2) is 0 Å². The monoisotopic (exact) mass is 236 g/mol. The molecule has 0 amide bonds. The van der Waals surface area contributed by atoms with Gasteiger partial charge in [0.05, 0.1) is 0 Å². The molecule has 0 saturated heterocycles. The molecule has 0 aliphatic carbocycles. The van der Waals surface area contributed by atoms with E-state index in [0.29, 0.717) is 0 Å². The molecule has 0 atom stereocenters. The highest BCUT2D eigenvalue weighted by atomic mass is 15.5. The highest BCUT2D eigenvalue weighted by molar-refractivity contribution is 5.61. The number of aromatic amines is 1. The lowest BCUT2D eigenvalue weighted by molar-refractivity contribution is 0.278. The van der Waals surface area contributed by atoms with Crippen molar-refractivity contribution in [1.82, 2.24) is 30.4 Å². The maximum absolute atomic E-state index is 4.03. The van der Waals surface area contributed by atoms with Crippen LogP contribution >= 0.6 is 0 Å². The third-order valence-corrected chi connectivity index (χ3v) is 2.94. The molecule has 1 aliphatic heterocycles. The van der Waals surface area contributed by atoms with Crippen molar-refractivity contribution >= 4 is 5.57 Å². The summed E-state index contributed by atoms with van der Waals surface area (Å²) in [5, 5.41) is 14.2. The van der Waals surface area contributed by atoms with E-state index in [-0.39, 0.29) is 0 Å². The SMILES string of the molecule is CN(C)CCCN1CCC=C(c2nn[nH]n2)C1. The summed E-state index contributed by atoms with van der Waals surface area (Å²) in [5.74, 6) is 0.738. The molecule has 0 bridgehead atoms. The maximum atomic E-state index is 4.03. The zero-order valence-electron chi connectivity index (χ0n) is 10.6. The molecule has 6 nitrogen and oxygen atoms in total. The Balaban J connectivity index is 1.82. The number of nitrogens with zero attached hydrogens (tertiary/aromatic N) is 5. The van der Waals surface area contributed by atoms with E-state index >= 15 is 0 Å². The van der Waals surface area contributed by atoms with Gasteiger partial charge in [-0.2, -0.15) is 5.21 Å². The van der Waals surface area contributed by atoms with Gasteiger partial charge < -0.3 is 4.90 Å². The third kappa shape index (κ3) is 3.61. The summed E-state index contributed by atoms with van der Waals surface area (Å²) >= 11 is 0. The number of tetrazole rings is 1. The van der Waals surface area contributed by atoms with Crippen LogP contribution in [0.25, 0.3) is 5.57 Å². The van der Waals surface area contributed by atoms with Gasteiger partial charge in [0, 0.05) is 18.7 Å². The van der Waals surface area contributed by atoms with Crippen molar-refractivity contribution in [3.63, 3.8) is 0 Å². The van der Waals surface area contributed by atoms with Crippen LogP contribution in [0.2, 0.25) is 0 Å². The van der Waals surface area contributed by atoms with Gasteiger partial charge in [-0.1, -0.05) is 6.08 Å². The van der Waals surface area contributed by atoms with Gasteiger partial charge in [0.2, 0.25) is 5.82 Å². The number of aromatic nitrogens is 4. The van der Waals surface area contributed by atoms with Crippen LogP contribution < -0.4 is 0 Å². The zero-order chi connectivity index (χ0) is 12.1. The fourth-order valence-corrected chi connectivity index (χ4v) is 2.07. The summed E-state index contributed by atoms with van der Waals surface area (Å²) in [4.78, 5) is 4.68. The first kappa shape index (κ1) is 12.2. The van der Waals surface area contributed by atoms with Gasteiger partial charge in [-0.15, -0.1) is 10.2 Å². The summed E-state index contributed by atoms with van der Waals surface area (Å²) in [6, 6.07) is 0. The Morgan fingerprint density at radius 1 is 1.47 bits per heavy atom. The molecule has 1 aromatic heterocycles. The molecule has 0 radical (unpaired) electrons. The van der Waals surface area contributed by atoms with E-state index in [4.69, 9.17) is 0 Å². The van der Waals surface area contributed by atoms with Crippen LogP contribution in [0.5, 0.6) is 0 Å². The van der Waals surface area contributed by atoms with E-state index < -0.39 is 0 Å². The Bertz CT molecular complexity index is 356. The molecule has 0 unspecified atom stereocenters. The summed E-state index contributed by atoms with van der Waals surface area (Å²) in [5.41, 5.74) is 1.19. The van der Waals surface area contributed by atoms with E-state index in [9.17, 15) is 0 Å². The van der Waals surface area contributed by atoms with Crippen LogP contribution in [-0.4, -0.2) is 70.7 Å². The van der Waals surface area contributed by atoms with Gasteiger partial charge in [0.1, 0.15) is 0 Å². The van der Waals surface area contributed by atoms with E-state index in [0.717, 1.165) is 38.4 Å². The van der Waals surface area contributed by atoms with Crippen LogP contribution in [0.3, 0.4) is 0 Å². The molecular weight excluding hydrogens is 216 g/mol. The molecule has 1 aromatic rings. The van der Waals surface area contributed by atoms with E-state index in [1.165, 1.54) is 12.0 Å². The second kappa shape index (κ2) is 5.88. The number of H-pyrrole nitrogens is 1. The van der Waals surface area contributed by atoms with Gasteiger partial charge in [-0.05, 0) is 45.2 Å². The lowest BCUT2D eigenvalue weighted by Gasteiger charge is -2.26. The molecule has 17 heavy (non-hydrogen) atoms. The first-order valence-corrected chi connectivity index (χ1v) is 6.05. The van der Waals surface area contributed by atoms with Crippen molar-refractivity contribution in [1.29, 1.82) is 0 Å². The second-order valence-corrected chi connectivity index (χ2v) is 4.69. The van der Waals surface area contributed by atoms with Gasteiger partial charge >= 0.3 is 0 Å². The molecule has 0 aromatic carbocycles. The third-order valence-electron chi connectivity index (χ3n) is 2.94. The topological polar surface area (TPSA) is 60.9 Å². The molecule has 94 valence electrons. The molecule has 2 heterocycles. The molecule has 0 fully saturated rings. The van der Waals surface area contributed by atoms with Gasteiger partial charge in [-0.3, -0.25) is 4.90 Å². The molecule has 0 spiro atoms. The summed E-state index contributed by atoms with van der Waals surface area (Å²) in [7, 11) is 4.22. The number of hydrogen-bond acceptors (Lipinski definition) is 5. The number of nitrogens with one attached hydrogen (secondary N) is 1. The fraction of sp³-hybridized carbons (Fsp3) is 0.727. The van der Waals surface area contributed by atoms with Crippen molar-refractivity contribution in [2.24, 2.45) is 0 Å². The normalized spacial score (nSPS) is 17.5. The van der Waals surface area contributed by atoms with E-state index in [2.05, 4.69) is 50.6 Å². The molecule has 1 N–H and O–H groups in total. The Morgan fingerprint density at radius 2 is 2.35 bits per heavy atom. The smallest absolute Gasteiger partial charge is 0.201 e. The summed E-state index contributed by atoms with van der Waals surface area (Å²) < 4.78 is 0. The quantitative estimate of drug-likeness (QED) is 0.793. The molecular formula is C11H20N6. The minimum atomic E-state index is 0.738. The van der Waals surface area contributed by atoms with Gasteiger partial charge in [0.15, 0.2) is 0 Å². The molecule has 1 aliphatic rings. The molecule has 0 saturated carbocycles. The predicted octanol–water partition coefficient (Wildman–Crippen LogP) is 0.240. The highest BCUT2D eigenvalue weighted by Crippen LogP contribution is 2.16. The minimum absolute atomic E-state index is 0.738. The van der Waals surface area contributed by atoms with Crippen molar-refractivity contribution < 1.29 is 0 Å². The number of rotatable bonds is 5. The Hall–Kier alpha value is -1.27. The predicted molar refractivity (Wildman–Crippen MR) is 66.4 cm³/mol. The van der Waals surface area contributed by atoms with Crippen molar-refractivity contribution in [2.45, 2.75) is 12.8 Å².